The van der Waals surface area contributed by atoms with E-state index in [1.165, 1.54) is 56.9 Å². The van der Waals surface area contributed by atoms with Gasteiger partial charge in [0.1, 0.15) is 0 Å². The average Bonchev–Trinajstić information content (AvgIpc) is 2.37. The molecule has 0 heterocycles. The highest BCUT2D eigenvalue weighted by atomic mass is 14.1. The molecule has 1 aliphatic carbocycles. The molecule has 16 heavy (non-hydrogen) atoms. The second-order valence-corrected chi connectivity index (χ2v) is 4.80. The van der Waals surface area contributed by atoms with Gasteiger partial charge in [0, 0.05) is 0 Å². The van der Waals surface area contributed by atoms with Crippen LogP contribution in [0.2, 0.25) is 0 Å². The minimum Gasteiger partial charge on any atom is -0.0853 e. The lowest BCUT2D eigenvalue weighted by atomic mass is 9.94. The topological polar surface area (TPSA) is 0 Å². The molecular formula is C16H22. The molecular weight excluding hydrogens is 192 g/mol. The molecule has 0 N–H and O–H groups in total. The third-order valence-electron chi connectivity index (χ3n) is 3.44. The maximum Gasteiger partial charge on any atom is -0.0276 e. The monoisotopic (exact) mass is 214 g/mol. The second kappa shape index (κ2) is 6.52. The fourth-order valence-electron chi connectivity index (χ4n) is 2.47. The van der Waals surface area contributed by atoms with Gasteiger partial charge in [-0.1, -0.05) is 48.4 Å². The zero-order valence-corrected chi connectivity index (χ0v) is 10.1. The standard InChI is InChI=1S/C16H22/c1-3-9-15(10-4-1)13-7-8-14-16-11-5-2-6-12-16/h1,3-4,9-10,14H,2,5-8,11-13H2. The van der Waals surface area contributed by atoms with E-state index in [0.29, 0.717) is 0 Å². The molecule has 0 heteroatoms. The Hall–Kier alpha value is -1.04. The van der Waals surface area contributed by atoms with E-state index >= 15 is 0 Å². The van der Waals surface area contributed by atoms with Gasteiger partial charge in [-0.2, -0.15) is 0 Å². The van der Waals surface area contributed by atoms with E-state index in [4.69, 9.17) is 0 Å². The van der Waals surface area contributed by atoms with Crippen LogP contribution in [0.25, 0.3) is 0 Å². The molecule has 0 amide bonds. The summed E-state index contributed by atoms with van der Waals surface area (Å²) in [6, 6.07) is 10.8. The van der Waals surface area contributed by atoms with Crippen LogP contribution in [-0.4, -0.2) is 0 Å². The van der Waals surface area contributed by atoms with Gasteiger partial charge in [-0.25, -0.2) is 0 Å². The van der Waals surface area contributed by atoms with E-state index in [0.717, 1.165) is 0 Å². The van der Waals surface area contributed by atoms with Crippen molar-refractivity contribution in [2.75, 3.05) is 0 Å². The van der Waals surface area contributed by atoms with Crippen LogP contribution < -0.4 is 0 Å². The molecule has 2 rings (SSSR count). The van der Waals surface area contributed by atoms with Crippen LogP contribution in [0.5, 0.6) is 0 Å². The number of aryl methyl sites for hydroxylation is 1. The molecule has 0 atom stereocenters. The Bertz CT molecular complexity index is 313. The highest BCUT2D eigenvalue weighted by Crippen LogP contribution is 2.23. The van der Waals surface area contributed by atoms with Crippen molar-refractivity contribution in [1.82, 2.24) is 0 Å². The van der Waals surface area contributed by atoms with Gasteiger partial charge in [0.25, 0.3) is 0 Å². The highest BCUT2D eigenvalue weighted by molar-refractivity contribution is 5.14. The fraction of sp³-hybridized carbons (Fsp3) is 0.500. The van der Waals surface area contributed by atoms with Crippen molar-refractivity contribution in [1.29, 1.82) is 0 Å². The van der Waals surface area contributed by atoms with Gasteiger partial charge in [-0.3, -0.25) is 0 Å². The lowest BCUT2D eigenvalue weighted by Gasteiger charge is -2.13. The quantitative estimate of drug-likeness (QED) is 0.494. The first-order chi connectivity index (χ1) is 7.95. The Labute approximate surface area is 99.4 Å². The molecule has 1 saturated carbocycles. The van der Waals surface area contributed by atoms with Gasteiger partial charge in [-0.05, 0) is 50.5 Å². The van der Waals surface area contributed by atoms with Gasteiger partial charge in [0.15, 0.2) is 0 Å². The number of allylic oxidation sites excluding steroid dienone is 2. The molecule has 0 radical (unpaired) electrons. The molecule has 0 aliphatic heterocycles. The number of hydrogen-bond donors (Lipinski definition) is 0. The summed E-state index contributed by atoms with van der Waals surface area (Å²) in [5.41, 5.74) is 3.20. The molecule has 0 bridgehead atoms. The Morgan fingerprint density at radius 3 is 2.44 bits per heavy atom. The molecule has 1 aromatic rings. The van der Waals surface area contributed by atoms with E-state index in [9.17, 15) is 0 Å². The number of hydrogen-bond acceptors (Lipinski definition) is 0. The van der Waals surface area contributed by atoms with Crippen molar-refractivity contribution in [2.24, 2.45) is 0 Å². The summed E-state index contributed by atoms with van der Waals surface area (Å²) >= 11 is 0. The maximum atomic E-state index is 2.50. The molecule has 0 unspecified atom stereocenters. The van der Waals surface area contributed by atoms with Gasteiger partial charge in [-0.15, -0.1) is 0 Å². The molecule has 0 nitrogen and oxygen atoms in total. The Balaban J connectivity index is 1.68. The third kappa shape index (κ3) is 3.84. The van der Waals surface area contributed by atoms with E-state index in [1.54, 1.807) is 5.57 Å². The van der Waals surface area contributed by atoms with Gasteiger partial charge in [0.05, 0.1) is 0 Å². The first kappa shape index (κ1) is 11.4. The smallest absolute Gasteiger partial charge is 0.0276 e. The summed E-state index contributed by atoms with van der Waals surface area (Å²) in [5.74, 6) is 0. The van der Waals surface area contributed by atoms with Crippen LogP contribution in [0.3, 0.4) is 0 Å². The fourth-order valence-corrected chi connectivity index (χ4v) is 2.47. The Kier molecular flexibility index (Phi) is 4.67. The van der Waals surface area contributed by atoms with Crippen LogP contribution in [0.1, 0.15) is 50.5 Å². The van der Waals surface area contributed by atoms with Crippen LogP contribution in [-0.2, 0) is 6.42 Å². The van der Waals surface area contributed by atoms with E-state index in [1.807, 2.05) is 0 Å². The van der Waals surface area contributed by atoms with Crippen molar-refractivity contribution >= 4 is 0 Å². The molecule has 0 aromatic heterocycles. The minimum absolute atomic E-state index is 1.23. The van der Waals surface area contributed by atoms with E-state index in [-0.39, 0.29) is 0 Å². The lowest BCUT2D eigenvalue weighted by molar-refractivity contribution is 0.595. The summed E-state index contributed by atoms with van der Waals surface area (Å²) < 4.78 is 0. The lowest BCUT2D eigenvalue weighted by Crippen LogP contribution is -1.93. The van der Waals surface area contributed by atoms with Crippen molar-refractivity contribution in [3.8, 4) is 0 Å². The van der Waals surface area contributed by atoms with Crippen molar-refractivity contribution in [3.63, 3.8) is 0 Å². The number of unbranched alkanes of at least 4 members (excludes halogenated alkanes) is 1. The molecule has 86 valence electrons. The maximum absolute atomic E-state index is 2.50. The zero-order valence-electron chi connectivity index (χ0n) is 10.1. The summed E-state index contributed by atoms with van der Waals surface area (Å²) in [5, 5.41) is 0. The van der Waals surface area contributed by atoms with Gasteiger partial charge < -0.3 is 0 Å². The Morgan fingerprint density at radius 1 is 0.938 bits per heavy atom. The Morgan fingerprint density at radius 2 is 1.69 bits per heavy atom. The predicted octanol–water partition coefficient (Wildman–Crippen LogP) is 4.90. The predicted molar refractivity (Wildman–Crippen MR) is 70.5 cm³/mol. The summed E-state index contributed by atoms with van der Waals surface area (Å²) in [7, 11) is 0. The highest BCUT2D eigenvalue weighted by Gasteiger charge is 2.03. The van der Waals surface area contributed by atoms with Crippen molar-refractivity contribution in [2.45, 2.75) is 51.4 Å². The molecule has 1 aliphatic rings. The normalized spacial score (nSPS) is 16.1. The first-order valence-electron chi connectivity index (χ1n) is 6.67. The van der Waals surface area contributed by atoms with E-state index in [2.05, 4.69) is 36.4 Å². The molecule has 1 aromatic carbocycles. The summed E-state index contributed by atoms with van der Waals surface area (Å²) in [6.45, 7) is 0. The largest absolute Gasteiger partial charge is 0.0853 e. The number of benzene rings is 1. The number of rotatable bonds is 4. The van der Waals surface area contributed by atoms with Crippen LogP contribution >= 0.6 is 0 Å². The third-order valence-corrected chi connectivity index (χ3v) is 3.44. The van der Waals surface area contributed by atoms with Crippen LogP contribution in [0, 0.1) is 0 Å². The van der Waals surface area contributed by atoms with Crippen molar-refractivity contribution in [3.05, 3.63) is 47.5 Å². The van der Waals surface area contributed by atoms with E-state index < -0.39 is 0 Å². The molecule has 0 saturated heterocycles. The van der Waals surface area contributed by atoms with Crippen LogP contribution in [0.15, 0.2) is 42.0 Å². The van der Waals surface area contributed by atoms with Gasteiger partial charge >= 0.3 is 0 Å². The summed E-state index contributed by atoms with van der Waals surface area (Å²) in [6.07, 6.45) is 13.3. The zero-order chi connectivity index (χ0) is 11.1. The molecule has 1 fully saturated rings. The average molecular weight is 214 g/mol. The summed E-state index contributed by atoms with van der Waals surface area (Å²) in [4.78, 5) is 0. The minimum atomic E-state index is 1.23. The molecule has 0 spiro atoms. The van der Waals surface area contributed by atoms with Crippen LogP contribution in [0.4, 0.5) is 0 Å². The van der Waals surface area contributed by atoms with Gasteiger partial charge in [0.2, 0.25) is 0 Å². The SMILES string of the molecule is C(CCCc1ccccc1)=C1CCCCC1. The van der Waals surface area contributed by atoms with Crippen molar-refractivity contribution < 1.29 is 0 Å². The first-order valence-corrected chi connectivity index (χ1v) is 6.67. The second-order valence-electron chi connectivity index (χ2n) is 4.80.